The van der Waals surface area contributed by atoms with Gasteiger partial charge in [-0.1, -0.05) is 0 Å². The normalized spacial score (nSPS) is 25.9. The number of rotatable bonds is 4. The van der Waals surface area contributed by atoms with Gasteiger partial charge in [0, 0.05) is 31.7 Å². The number of anilines is 1. The van der Waals surface area contributed by atoms with Crippen molar-refractivity contribution >= 4 is 15.8 Å². The van der Waals surface area contributed by atoms with Crippen LogP contribution >= 0.6 is 0 Å². The van der Waals surface area contributed by atoms with E-state index in [4.69, 9.17) is 10.5 Å². The molecule has 156 valence electrons. The van der Waals surface area contributed by atoms with E-state index in [0.717, 1.165) is 5.56 Å². The van der Waals surface area contributed by atoms with Gasteiger partial charge >= 0.3 is 0 Å². The van der Waals surface area contributed by atoms with Crippen LogP contribution in [0.4, 0.5) is 10.2 Å². The number of benzene rings is 1. The van der Waals surface area contributed by atoms with Crippen LogP contribution in [0.15, 0.2) is 41.4 Å². The van der Waals surface area contributed by atoms with Gasteiger partial charge in [-0.25, -0.2) is 17.8 Å². The lowest BCUT2D eigenvalue weighted by Gasteiger charge is -2.36. The molecule has 10 heteroatoms. The minimum Gasteiger partial charge on any atom is -0.384 e. The summed E-state index contributed by atoms with van der Waals surface area (Å²) in [5.74, 6) is 0.0686. The number of nitrogens with two attached hydrogens (primary N) is 1. The highest BCUT2D eigenvalue weighted by atomic mass is 32.2. The third kappa shape index (κ3) is 3.99. The second-order valence-corrected chi connectivity index (χ2v) is 9.29. The summed E-state index contributed by atoms with van der Waals surface area (Å²) in [7, 11) is -3.74. The molecule has 2 aliphatic heterocycles. The largest absolute Gasteiger partial charge is 0.384 e. The van der Waals surface area contributed by atoms with Gasteiger partial charge in [-0.2, -0.15) is 4.31 Å². The van der Waals surface area contributed by atoms with E-state index in [-0.39, 0.29) is 42.7 Å². The molecule has 4 rings (SSSR count). The second kappa shape index (κ2) is 7.96. The van der Waals surface area contributed by atoms with Gasteiger partial charge in [-0.15, -0.1) is 0 Å². The fourth-order valence-electron chi connectivity index (χ4n) is 3.90. The number of hydrogen-bond acceptors (Lipinski definition) is 7. The second-order valence-electron chi connectivity index (χ2n) is 7.35. The number of hydrogen-bond donors (Lipinski definition) is 3. The molecule has 2 fully saturated rings. The van der Waals surface area contributed by atoms with Gasteiger partial charge in [0.05, 0.1) is 23.6 Å². The van der Waals surface area contributed by atoms with E-state index in [0.29, 0.717) is 17.9 Å². The fraction of sp³-hybridized carbons (Fsp3) is 0.421. The van der Waals surface area contributed by atoms with Crippen molar-refractivity contribution in [3.05, 3.63) is 53.5 Å². The zero-order valence-corrected chi connectivity index (χ0v) is 16.8. The van der Waals surface area contributed by atoms with Crippen LogP contribution in [0.1, 0.15) is 17.0 Å². The number of aromatic nitrogens is 1. The van der Waals surface area contributed by atoms with E-state index >= 15 is 0 Å². The van der Waals surface area contributed by atoms with Gasteiger partial charge in [0.25, 0.3) is 0 Å². The first-order chi connectivity index (χ1) is 13.9. The summed E-state index contributed by atoms with van der Waals surface area (Å²) in [6.07, 6.45) is 1.31. The first kappa shape index (κ1) is 20.2. The van der Waals surface area contributed by atoms with Crippen LogP contribution in [0.2, 0.25) is 0 Å². The topological polar surface area (TPSA) is 110 Å². The molecule has 2 aromatic rings. The number of pyridine rings is 1. The molecule has 0 saturated carbocycles. The first-order valence-electron chi connectivity index (χ1n) is 9.44. The molecule has 0 bridgehead atoms. The summed E-state index contributed by atoms with van der Waals surface area (Å²) in [4.78, 5) is 4.12. The Morgan fingerprint density at radius 3 is 2.90 bits per heavy atom. The predicted molar refractivity (Wildman–Crippen MR) is 106 cm³/mol. The SMILES string of the molecule is Cc1cc(S(=O)(=O)N2CCOC(C3NNCC3c3ccnc(N)c3)C2)ccc1F. The summed E-state index contributed by atoms with van der Waals surface area (Å²) in [6.45, 7) is 2.96. The molecule has 1 aromatic carbocycles. The van der Waals surface area contributed by atoms with Crippen LogP contribution in [-0.4, -0.2) is 56.1 Å². The number of aryl methyl sites for hydroxylation is 1. The van der Waals surface area contributed by atoms with Crippen LogP contribution < -0.4 is 16.6 Å². The number of nitrogens with one attached hydrogen (secondary N) is 2. The minimum absolute atomic E-state index is 0.0565. The van der Waals surface area contributed by atoms with Crippen molar-refractivity contribution in [3.8, 4) is 0 Å². The van der Waals surface area contributed by atoms with E-state index in [1.54, 1.807) is 13.1 Å². The zero-order chi connectivity index (χ0) is 20.6. The molecular weight excluding hydrogens is 397 g/mol. The Bertz CT molecular complexity index is 1000. The van der Waals surface area contributed by atoms with E-state index in [1.165, 1.54) is 22.5 Å². The monoisotopic (exact) mass is 421 g/mol. The van der Waals surface area contributed by atoms with E-state index in [2.05, 4.69) is 15.8 Å². The highest BCUT2D eigenvalue weighted by Gasteiger charge is 2.40. The Kier molecular flexibility index (Phi) is 5.54. The molecular formula is C19H24FN5O3S. The standard InChI is InChI=1S/C19H24FN5O3S/c1-12-8-14(2-3-16(12)20)29(26,27)25-6-7-28-17(11-25)19-15(10-23-24-19)13-4-5-22-18(21)9-13/h2-5,8-9,15,17,19,23-24H,6-7,10-11H2,1H3,(H2,21,22). The van der Waals surface area contributed by atoms with Gasteiger partial charge in [-0.05, 0) is 48.4 Å². The van der Waals surface area contributed by atoms with Crippen molar-refractivity contribution in [2.75, 3.05) is 32.0 Å². The van der Waals surface area contributed by atoms with Gasteiger partial charge in [-0.3, -0.25) is 10.9 Å². The zero-order valence-electron chi connectivity index (χ0n) is 16.0. The Morgan fingerprint density at radius 1 is 1.31 bits per heavy atom. The number of halogens is 1. The third-order valence-electron chi connectivity index (χ3n) is 5.48. The van der Waals surface area contributed by atoms with Crippen molar-refractivity contribution < 1.29 is 17.5 Å². The lowest BCUT2D eigenvalue weighted by Crippen LogP contribution is -2.54. The lowest BCUT2D eigenvalue weighted by molar-refractivity contribution is -0.0225. The Morgan fingerprint density at radius 2 is 2.14 bits per heavy atom. The molecule has 29 heavy (non-hydrogen) atoms. The summed E-state index contributed by atoms with van der Waals surface area (Å²) >= 11 is 0. The summed E-state index contributed by atoms with van der Waals surface area (Å²) in [5.41, 5.74) is 13.5. The summed E-state index contributed by atoms with van der Waals surface area (Å²) in [6, 6.07) is 7.45. The molecule has 3 atom stereocenters. The maximum absolute atomic E-state index is 13.6. The third-order valence-corrected chi connectivity index (χ3v) is 7.34. The predicted octanol–water partition coefficient (Wildman–Crippen LogP) is 0.761. The van der Waals surface area contributed by atoms with Gasteiger partial charge in [0.15, 0.2) is 0 Å². The van der Waals surface area contributed by atoms with Crippen LogP contribution in [0.3, 0.4) is 0 Å². The summed E-state index contributed by atoms with van der Waals surface area (Å²) in [5, 5.41) is 0. The van der Waals surface area contributed by atoms with Crippen molar-refractivity contribution in [2.24, 2.45) is 0 Å². The van der Waals surface area contributed by atoms with E-state index in [1.807, 2.05) is 12.1 Å². The molecule has 0 amide bonds. The van der Waals surface area contributed by atoms with E-state index < -0.39 is 15.8 Å². The molecule has 2 saturated heterocycles. The highest BCUT2D eigenvalue weighted by Crippen LogP contribution is 2.29. The number of ether oxygens (including phenoxy) is 1. The first-order valence-corrected chi connectivity index (χ1v) is 10.9. The van der Waals surface area contributed by atoms with Crippen molar-refractivity contribution in [1.82, 2.24) is 20.1 Å². The van der Waals surface area contributed by atoms with Gasteiger partial charge < -0.3 is 10.5 Å². The number of hydrazine groups is 1. The molecule has 2 aliphatic rings. The number of nitrogens with zero attached hydrogens (tertiary/aromatic N) is 2. The average molecular weight is 421 g/mol. The minimum atomic E-state index is -3.74. The fourth-order valence-corrected chi connectivity index (χ4v) is 5.42. The maximum Gasteiger partial charge on any atom is 0.243 e. The van der Waals surface area contributed by atoms with Gasteiger partial charge in [0.1, 0.15) is 11.6 Å². The smallest absolute Gasteiger partial charge is 0.243 e. The average Bonchev–Trinajstić information content (AvgIpc) is 3.20. The number of sulfonamides is 1. The Balaban J connectivity index is 1.55. The highest BCUT2D eigenvalue weighted by molar-refractivity contribution is 7.89. The molecule has 0 radical (unpaired) electrons. The number of morpholine rings is 1. The molecule has 4 N–H and O–H groups in total. The van der Waals surface area contributed by atoms with Crippen molar-refractivity contribution in [2.45, 2.75) is 29.9 Å². The number of nitrogen functional groups attached to an aromatic ring is 1. The molecule has 3 unspecified atom stereocenters. The molecule has 3 heterocycles. The van der Waals surface area contributed by atoms with Gasteiger partial charge in [0.2, 0.25) is 10.0 Å². The van der Waals surface area contributed by atoms with Crippen LogP contribution in [0, 0.1) is 12.7 Å². The maximum atomic E-state index is 13.6. The van der Waals surface area contributed by atoms with Crippen LogP contribution in [-0.2, 0) is 14.8 Å². The van der Waals surface area contributed by atoms with Crippen molar-refractivity contribution in [1.29, 1.82) is 0 Å². The molecule has 0 spiro atoms. The Labute approximate surface area is 169 Å². The van der Waals surface area contributed by atoms with Crippen LogP contribution in [0.5, 0.6) is 0 Å². The lowest BCUT2D eigenvalue weighted by atomic mass is 9.90. The summed E-state index contributed by atoms with van der Waals surface area (Å²) < 4.78 is 47.1. The van der Waals surface area contributed by atoms with Crippen molar-refractivity contribution in [3.63, 3.8) is 0 Å². The molecule has 1 aromatic heterocycles. The molecule has 0 aliphatic carbocycles. The quantitative estimate of drug-likeness (QED) is 0.669. The van der Waals surface area contributed by atoms with E-state index in [9.17, 15) is 12.8 Å². The van der Waals surface area contributed by atoms with Crippen LogP contribution in [0.25, 0.3) is 0 Å². The molecule has 8 nitrogen and oxygen atoms in total. The Hall–Kier alpha value is -2.11.